The van der Waals surface area contributed by atoms with E-state index in [1.54, 1.807) is 6.07 Å². The SMILES string of the molecule is Cl.O=C(c1ccc2c(c1)OCCCO2)N1CCNCC1. The highest BCUT2D eigenvalue weighted by Gasteiger charge is 2.20. The van der Waals surface area contributed by atoms with E-state index in [2.05, 4.69) is 5.32 Å². The van der Waals surface area contributed by atoms with Gasteiger partial charge in [0.05, 0.1) is 13.2 Å². The van der Waals surface area contributed by atoms with Crippen LogP contribution in [0.25, 0.3) is 0 Å². The smallest absolute Gasteiger partial charge is 0.254 e. The lowest BCUT2D eigenvalue weighted by atomic mass is 10.1. The van der Waals surface area contributed by atoms with E-state index in [4.69, 9.17) is 9.47 Å². The van der Waals surface area contributed by atoms with Crippen molar-refractivity contribution in [2.75, 3.05) is 39.4 Å². The number of benzene rings is 1. The maximum atomic E-state index is 12.4. The van der Waals surface area contributed by atoms with E-state index in [1.165, 1.54) is 0 Å². The van der Waals surface area contributed by atoms with E-state index in [0.29, 0.717) is 24.5 Å². The van der Waals surface area contributed by atoms with Crippen LogP contribution in [0.15, 0.2) is 18.2 Å². The summed E-state index contributed by atoms with van der Waals surface area (Å²) >= 11 is 0. The van der Waals surface area contributed by atoms with Gasteiger partial charge >= 0.3 is 0 Å². The van der Waals surface area contributed by atoms with Crippen LogP contribution in [0.5, 0.6) is 11.5 Å². The van der Waals surface area contributed by atoms with Crippen molar-refractivity contribution in [1.29, 1.82) is 0 Å². The van der Waals surface area contributed by atoms with Crippen LogP contribution in [0.1, 0.15) is 16.8 Å². The number of hydrogen-bond acceptors (Lipinski definition) is 4. The van der Waals surface area contributed by atoms with Gasteiger partial charge in [-0.25, -0.2) is 0 Å². The highest BCUT2D eigenvalue weighted by molar-refractivity contribution is 5.95. The molecule has 0 spiro atoms. The van der Waals surface area contributed by atoms with Crippen LogP contribution < -0.4 is 14.8 Å². The number of halogens is 1. The second-order valence-electron chi connectivity index (χ2n) is 4.75. The Balaban J connectivity index is 0.00000147. The molecule has 2 aliphatic heterocycles. The number of carbonyl (C=O) groups is 1. The van der Waals surface area contributed by atoms with Gasteiger partial charge in [-0.3, -0.25) is 4.79 Å². The molecule has 0 aliphatic carbocycles. The van der Waals surface area contributed by atoms with Crippen molar-refractivity contribution in [1.82, 2.24) is 10.2 Å². The number of ether oxygens (including phenoxy) is 2. The first-order valence-electron chi connectivity index (χ1n) is 6.74. The zero-order valence-electron chi connectivity index (χ0n) is 11.3. The Hall–Kier alpha value is -1.46. The van der Waals surface area contributed by atoms with E-state index in [1.807, 2.05) is 17.0 Å². The van der Waals surface area contributed by atoms with E-state index in [9.17, 15) is 4.79 Å². The van der Waals surface area contributed by atoms with Gasteiger partial charge in [0.2, 0.25) is 0 Å². The Bertz CT molecular complexity index is 475. The van der Waals surface area contributed by atoms with Crippen LogP contribution in [0, 0.1) is 0 Å². The summed E-state index contributed by atoms with van der Waals surface area (Å²) in [6.07, 6.45) is 0.871. The highest BCUT2D eigenvalue weighted by Crippen LogP contribution is 2.30. The molecular weight excluding hydrogens is 280 g/mol. The van der Waals surface area contributed by atoms with Crippen molar-refractivity contribution in [3.05, 3.63) is 23.8 Å². The van der Waals surface area contributed by atoms with Crippen LogP contribution in [-0.4, -0.2) is 50.2 Å². The topological polar surface area (TPSA) is 50.8 Å². The lowest BCUT2D eigenvalue weighted by Gasteiger charge is -2.27. The maximum Gasteiger partial charge on any atom is 0.254 e. The summed E-state index contributed by atoms with van der Waals surface area (Å²) in [6.45, 7) is 4.53. The molecule has 110 valence electrons. The Morgan fingerprint density at radius 3 is 2.55 bits per heavy atom. The van der Waals surface area contributed by atoms with Crippen LogP contribution >= 0.6 is 12.4 Å². The van der Waals surface area contributed by atoms with Gasteiger partial charge < -0.3 is 19.7 Å². The lowest BCUT2D eigenvalue weighted by molar-refractivity contribution is 0.0735. The Morgan fingerprint density at radius 1 is 1.10 bits per heavy atom. The molecule has 0 radical (unpaired) electrons. The number of amides is 1. The molecule has 1 saturated heterocycles. The molecule has 0 saturated carbocycles. The summed E-state index contributed by atoms with van der Waals surface area (Å²) in [4.78, 5) is 14.2. The first-order chi connectivity index (χ1) is 9.34. The molecule has 1 fully saturated rings. The first kappa shape index (κ1) is 14.9. The number of nitrogens with zero attached hydrogens (tertiary/aromatic N) is 1. The molecule has 5 nitrogen and oxygen atoms in total. The zero-order valence-corrected chi connectivity index (χ0v) is 12.1. The van der Waals surface area contributed by atoms with Crippen molar-refractivity contribution < 1.29 is 14.3 Å². The average Bonchev–Trinajstić information content (AvgIpc) is 2.72. The van der Waals surface area contributed by atoms with Gasteiger partial charge in [-0.05, 0) is 18.2 Å². The molecule has 1 amide bonds. The molecule has 1 N–H and O–H groups in total. The van der Waals surface area contributed by atoms with Gasteiger partial charge in [0.15, 0.2) is 11.5 Å². The fourth-order valence-corrected chi connectivity index (χ4v) is 2.35. The Kier molecular flexibility index (Phi) is 5.09. The monoisotopic (exact) mass is 298 g/mol. The Labute approximate surface area is 124 Å². The summed E-state index contributed by atoms with van der Waals surface area (Å²) in [6, 6.07) is 5.44. The second kappa shape index (κ2) is 6.81. The zero-order chi connectivity index (χ0) is 13.1. The molecule has 20 heavy (non-hydrogen) atoms. The Morgan fingerprint density at radius 2 is 1.80 bits per heavy atom. The minimum Gasteiger partial charge on any atom is -0.490 e. The fraction of sp³-hybridized carbons (Fsp3) is 0.500. The van der Waals surface area contributed by atoms with Gasteiger partial charge in [-0.1, -0.05) is 0 Å². The number of piperazine rings is 1. The van der Waals surface area contributed by atoms with Gasteiger partial charge in [-0.15, -0.1) is 12.4 Å². The molecule has 1 aromatic carbocycles. The van der Waals surface area contributed by atoms with Gasteiger partial charge in [0.1, 0.15) is 0 Å². The highest BCUT2D eigenvalue weighted by atomic mass is 35.5. The molecule has 2 heterocycles. The summed E-state index contributed by atoms with van der Waals surface area (Å²) in [5.74, 6) is 1.48. The van der Waals surface area contributed by atoms with Crippen molar-refractivity contribution in [3.8, 4) is 11.5 Å². The third-order valence-electron chi connectivity index (χ3n) is 3.40. The normalized spacial score (nSPS) is 17.9. The minimum atomic E-state index is 0. The van der Waals surface area contributed by atoms with Crippen LogP contribution in [0.3, 0.4) is 0 Å². The standard InChI is InChI=1S/C14H18N2O3.ClH/c17-14(16-6-4-15-5-7-16)11-2-3-12-13(10-11)19-9-1-8-18-12;/h2-3,10,15H,1,4-9H2;1H. The molecule has 0 aromatic heterocycles. The third-order valence-corrected chi connectivity index (χ3v) is 3.40. The minimum absolute atomic E-state index is 0. The molecule has 3 rings (SSSR count). The van der Waals surface area contributed by atoms with Crippen LogP contribution in [-0.2, 0) is 0 Å². The number of hydrogen-bond donors (Lipinski definition) is 1. The third kappa shape index (κ3) is 3.16. The van der Waals surface area contributed by atoms with Gasteiger partial charge in [-0.2, -0.15) is 0 Å². The van der Waals surface area contributed by atoms with E-state index in [0.717, 1.165) is 38.3 Å². The molecule has 2 aliphatic rings. The van der Waals surface area contributed by atoms with Crippen molar-refractivity contribution in [2.24, 2.45) is 0 Å². The molecule has 0 unspecified atom stereocenters. The van der Waals surface area contributed by atoms with Gasteiger partial charge in [0, 0.05) is 38.2 Å². The predicted molar refractivity (Wildman–Crippen MR) is 78.1 cm³/mol. The largest absolute Gasteiger partial charge is 0.490 e. The fourth-order valence-electron chi connectivity index (χ4n) is 2.35. The molecular formula is C14H19ClN2O3. The van der Waals surface area contributed by atoms with Crippen LogP contribution in [0.4, 0.5) is 0 Å². The first-order valence-corrected chi connectivity index (χ1v) is 6.74. The quantitative estimate of drug-likeness (QED) is 0.849. The molecule has 0 bridgehead atoms. The summed E-state index contributed by atoms with van der Waals surface area (Å²) in [5.41, 5.74) is 0.672. The van der Waals surface area contributed by atoms with Crippen molar-refractivity contribution in [3.63, 3.8) is 0 Å². The molecule has 6 heteroatoms. The molecule has 0 atom stereocenters. The van der Waals surface area contributed by atoms with Crippen LogP contribution in [0.2, 0.25) is 0 Å². The number of rotatable bonds is 1. The van der Waals surface area contributed by atoms with E-state index in [-0.39, 0.29) is 18.3 Å². The second-order valence-corrected chi connectivity index (χ2v) is 4.75. The summed E-state index contributed by atoms with van der Waals surface area (Å²) in [5, 5.41) is 3.24. The van der Waals surface area contributed by atoms with Crippen molar-refractivity contribution in [2.45, 2.75) is 6.42 Å². The van der Waals surface area contributed by atoms with E-state index >= 15 is 0 Å². The predicted octanol–water partition coefficient (Wildman–Crippen LogP) is 1.32. The number of carbonyl (C=O) groups excluding carboxylic acids is 1. The number of fused-ring (bicyclic) bond motifs is 1. The summed E-state index contributed by atoms with van der Waals surface area (Å²) < 4.78 is 11.2. The summed E-state index contributed by atoms with van der Waals surface area (Å²) in [7, 11) is 0. The maximum absolute atomic E-state index is 12.4. The lowest BCUT2D eigenvalue weighted by Crippen LogP contribution is -2.46. The van der Waals surface area contributed by atoms with Crippen molar-refractivity contribution >= 4 is 18.3 Å². The molecule has 1 aromatic rings. The van der Waals surface area contributed by atoms with Gasteiger partial charge in [0.25, 0.3) is 5.91 Å². The average molecular weight is 299 g/mol. The van der Waals surface area contributed by atoms with E-state index < -0.39 is 0 Å². The number of nitrogens with one attached hydrogen (secondary N) is 1.